The van der Waals surface area contributed by atoms with Crippen molar-refractivity contribution in [2.45, 2.75) is 24.8 Å². The van der Waals surface area contributed by atoms with E-state index >= 15 is 0 Å². The number of aliphatic carboxylic acids is 1. The normalized spacial score (nSPS) is 21.0. The van der Waals surface area contributed by atoms with Crippen molar-refractivity contribution in [1.82, 2.24) is 5.32 Å². The maximum atomic E-state index is 11.3. The Morgan fingerprint density at radius 1 is 1.41 bits per heavy atom. The van der Waals surface area contributed by atoms with Crippen molar-refractivity contribution in [3.8, 4) is 0 Å². The van der Waals surface area contributed by atoms with E-state index in [4.69, 9.17) is 11.6 Å². The molecule has 1 saturated heterocycles. The van der Waals surface area contributed by atoms with E-state index in [1.807, 2.05) is 0 Å². The Hall–Kier alpha value is -1.55. The van der Waals surface area contributed by atoms with Gasteiger partial charge in [0.2, 0.25) is 5.91 Å². The molecule has 1 fully saturated rings. The SMILES string of the molecule is O=C1CCC(C(C(=O)O)c2ccc(Cl)cc2)N1. The minimum Gasteiger partial charge on any atom is -0.481 e. The van der Waals surface area contributed by atoms with Gasteiger partial charge >= 0.3 is 5.97 Å². The fourth-order valence-corrected chi connectivity index (χ4v) is 2.23. The molecule has 2 atom stereocenters. The molecule has 0 aliphatic carbocycles. The molecule has 2 rings (SSSR count). The fourth-order valence-electron chi connectivity index (χ4n) is 2.10. The molecule has 0 spiro atoms. The molecular formula is C12H12ClNO3. The zero-order valence-electron chi connectivity index (χ0n) is 9.02. The lowest BCUT2D eigenvalue weighted by Gasteiger charge is -2.19. The van der Waals surface area contributed by atoms with Crippen LogP contribution in [0.2, 0.25) is 5.02 Å². The second kappa shape index (κ2) is 4.75. The summed E-state index contributed by atoms with van der Waals surface area (Å²) in [5.41, 5.74) is 0.661. The molecule has 4 nitrogen and oxygen atoms in total. The first-order chi connectivity index (χ1) is 8.08. The molecule has 2 N–H and O–H groups in total. The van der Waals surface area contributed by atoms with Crippen molar-refractivity contribution in [2.75, 3.05) is 0 Å². The summed E-state index contributed by atoms with van der Waals surface area (Å²) in [6, 6.07) is 6.35. The van der Waals surface area contributed by atoms with Crippen LogP contribution in [0.15, 0.2) is 24.3 Å². The molecule has 0 saturated carbocycles. The molecule has 2 unspecified atom stereocenters. The zero-order valence-corrected chi connectivity index (χ0v) is 9.78. The molecule has 1 heterocycles. The summed E-state index contributed by atoms with van der Waals surface area (Å²) in [5.74, 6) is -1.73. The van der Waals surface area contributed by atoms with Gasteiger partial charge in [0, 0.05) is 17.5 Å². The van der Waals surface area contributed by atoms with E-state index in [1.54, 1.807) is 24.3 Å². The number of halogens is 1. The van der Waals surface area contributed by atoms with Gasteiger partial charge in [0.05, 0.1) is 0 Å². The number of carboxylic acid groups (broad SMARTS) is 1. The third-order valence-corrected chi connectivity index (χ3v) is 3.18. The molecular weight excluding hydrogens is 242 g/mol. The smallest absolute Gasteiger partial charge is 0.313 e. The van der Waals surface area contributed by atoms with E-state index < -0.39 is 11.9 Å². The number of carbonyl (C=O) groups is 2. The number of amides is 1. The van der Waals surface area contributed by atoms with Gasteiger partial charge in [0.15, 0.2) is 0 Å². The number of nitrogens with one attached hydrogen (secondary N) is 1. The number of benzene rings is 1. The highest BCUT2D eigenvalue weighted by Gasteiger charge is 2.34. The first kappa shape index (κ1) is 11.9. The van der Waals surface area contributed by atoms with E-state index in [0.717, 1.165) is 0 Å². The molecule has 90 valence electrons. The second-order valence-electron chi connectivity index (χ2n) is 4.08. The third-order valence-electron chi connectivity index (χ3n) is 2.93. The molecule has 1 aromatic rings. The predicted molar refractivity (Wildman–Crippen MR) is 63.0 cm³/mol. The minimum absolute atomic E-state index is 0.0878. The summed E-state index contributed by atoms with van der Waals surface area (Å²) in [5, 5.41) is 12.5. The van der Waals surface area contributed by atoms with Gasteiger partial charge in [-0.25, -0.2) is 0 Å². The van der Waals surface area contributed by atoms with Crippen molar-refractivity contribution < 1.29 is 14.7 Å². The number of carboxylic acids is 1. The Labute approximate surface area is 104 Å². The highest BCUT2D eigenvalue weighted by Crippen LogP contribution is 2.27. The van der Waals surface area contributed by atoms with Crippen LogP contribution in [0.25, 0.3) is 0 Å². The number of carbonyl (C=O) groups excluding carboxylic acids is 1. The van der Waals surface area contributed by atoms with E-state index in [0.29, 0.717) is 23.4 Å². The molecule has 0 radical (unpaired) electrons. The van der Waals surface area contributed by atoms with Gasteiger partial charge in [-0.15, -0.1) is 0 Å². The Bertz CT molecular complexity index is 444. The van der Waals surface area contributed by atoms with Gasteiger partial charge in [0.1, 0.15) is 5.92 Å². The van der Waals surface area contributed by atoms with Crippen LogP contribution in [-0.4, -0.2) is 23.0 Å². The summed E-state index contributed by atoms with van der Waals surface area (Å²) in [6.07, 6.45) is 0.945. The van der Waals surface area contributed by atoms with E-state index in [-0.39, 0.29) is 11.9 Å². The van der Waals surface area contributed by atoms with Crippen LogP contribution in [0.5, 0.6) is 0 Å². The molecule has 5 heteroatoms. The van der Waals surface area contributed by atoms with Crippen molar-refractivity contribution in [3.05, 3.63) is 34.9 Å². The van der Waals surface area contributed by atoms with Crippen LogP contribution in [0.1, 0.15) is 24.3 Å². The van der Waals surface area contributed by atoms with Gasteiger partial charge in [-0.05, 0) is 24.1 Å². The largest absolute Gasteiger partial charge is 0.481 e. The summed E-state index contributed by atoms with van der Waals surface area (Å²) in [6.45, 7) is 0. The summed E-state index contributed by atoms with van der Waals surface area (Å²) >= 11 is 5.76. The first-order valence-corrected chi connectivity index (χ1v) is 5.73. The molecule has 1 amide bonds. The Morgan fingerprint density at radius 3 is 2.53 bits per heavy atom. The van der Waals surface area contributed by atoms with Crippen molar-refractivity contribution in [3.63, 3.8) is 0 Å². The number of rotatable bonds is 3. The number of hydrogen-bond donors (Lipinski definition) is 2. The molecule has 1 aliphatic rings. The molecule has 1 aliphatic heterocycles. The average molecular weight is 254 g/mol. The topological polar surface area (TPSA) is 66.4 Å². The zero-order chi connectivity index (χ0) is 12.4. The summed E-state index contributed by atoms with van der Waals surface area (Å²) < 4.78 is 0. The van der Waals surface area contributed by atoms with Crippen molar-refractivity contribution in [2.24, 2.45) is 0 Å². The lowest BCUT2D eigenvalue weighted by Crippen LogP contribution is -2.35. The maximum absolute atomic E-state index is 11.3. The maximum Gasteiger partial charge on any atom is 0.313 e. The Balaban J connectivity index is 2.26. The van der Waals surface area contributed by atoms with Gasteiger partial charge in [-0.3, -0.25) is 9.59 Å². The van der Waals surface area contributed by atoms with Gasteiger partial charge < -0.3 is 10.4 Å². The quantitative estimate of drug-likeness (QED) is 0.863. The second-order valence-corrected chi connectivity index (χ2v) is 4.52. The third kappa shape index (κ3) is 2.58. The highest BCUT2D eigenvalue weighted by molar-refractivity contribution is 6.30. The van der Waals surface area contributed by atoms with Gasteiger partial charge in [-0.1, -0.05) is 23.7 Å². The number of hydrogen-bond acceptors (Lipinski definition) is 2. The van der Waals surface area contributed by atoms with Crippen LogP contribution in [0.3, 0.4) is 0 Å². The van der Waals surface area contributed by atoms with E-state index in [2.05, 4.69) is 5.32 Å². The highest BCUT2D eigenvalue weighted by atomic mass is 35.5. The van der Waals surface area contributed by atoms with Crippen LogP contribution in [0, 0.1) is 0 Å². The lowest BCUT2D eigenvalue weighted by atomic mass is 9.91. The fraction of sp³-hybridized carbons (Fsp3) is 0.333. The van der Waals surface area contributed by atoms with Crippen molar-refractivity contribution in [1.29, 1.82) is 0 Å². The molecule has 0 aromatic heterocycles. The molecule has 1 aromatic carbocycles. The summed E-state index contributed by atoms with van der Waals surface area (Å²) in [4.78, 5) is 22.4. The summed E-state index contributed by atoms with van der Waals surface area (Å²) in [7, 11) is 0. The Morgan fingerprint density at radius 2 is 2.06 bits per heavy atom. The van der Waals surface area contributed by atoms with Gasteiger partial charge in [0.25, 0.3) is 0 Å². The van der Waals surface area contributed by atoms with Gasteiger partial charge in [-0.2, -0.15) is 0 Å². The minimum atomic E-state index is -0.931. The van der Waals surface area contributed by atoms with Crippen LogP contribution in [0.4, 0.5) is 0 Å². The van der Waals surface area contributed by atoms with Crippen LogP contribution >= 0.6 is 11.6 Å². The first-order valence-electron chi connectivity index (χ1n) is 5.35. The predicted octanol–water partition coefficient (Wildman–Crippen LogP) is 1.79. The lowest BCUT2D eigenvalue weighted by molar-refractivity contribution is -0.139. The molecule has 0 bridgehead atoms. The Kier molecular flexibility index (Phi) is 3.33. The van der Waals surface area contributed by atoms with E-state index in [9.17, 15) is 14.7 Å². The monoisotopic (exact) mass is 253 g/mol. The van der Waals surface area contributed by atoms with Crippen LogP contribution < -0.4 is 5.32 Å². The van der Waals surface area contributed by atoms with E-state index in [1.165, 1.54) is 0 Å². The average Bonchev–Trinajstić information content (AvgIpc) is 2.68. The van der Waals surface area contributed by atoms with Crippen molar-refractivity contribution >= 4 is 23.5 Å². The molecule has 17 heavy (non-hydrogen) atoms. The standard InChI is InChI=1S/C12H12ClNO3/c13-8-3-1-7(2-4-8)11(12(16)17)9-5-6-10(15)14-9/h1-4,9,11H,5-6H2,(H,14,15)(H,16,17). The van der Waals surface area contributed by atoms with Crippen LogP contribution in [-0.2, 0) is 9.59 Å².